The maximum Gasteiger partial charge on any atom is 0.255 e. The van der Waals surface area contributed by atoms with Crippen molar-refractivity contribution in [3.05, 3.63) is 70.8 Å². The van der Waals surface area contributed by atoms with Gasteiger partial charge in [-0.2, -0.15) is 0 Å². The third-order valence-electron chi connectivity index (χ3n) is 7.61. The van der Waals surface area contributed by atoms with Gasteiger partial charge in [0.2, 0.25) is 0 Å². The molecule has 0 radical (unpaired) electrons. The number of rotatable bonds is 5. The van der Waals surface area contributed by atoms with Gasteiger partial charge in [-0.25, -0.2) is 0 Å². The molecule has 2 aromatic rings. The van der Waals surface area contributed by atoms with Crippen molar-refractivity contribution >= 4 is 11.8 Å². The summed E-state index contributed by atoms with van der Waals surface area (Å²) in [6.07, 6.45) is 4.70. The van der Waals surface area contributed by atoms with E-state index in [0.717, 1.165) is 48.4 Å². The zero-order chi connectivity index (χ0) is 21.7. The van der Waals surface area contributed by atoms with Crippen LogP contribution in [0, 0.1) is 0 Å². The second-order valence-electron chi connectivity index (χ2n) is 9.41. The SMILES string of the molecule is O=C1c2ccccc2[C@@H](N2CCCC2)N1CCN1C(=O)c2ccccc2[C@H]1N1CCCC1. The quantitative estimate of drug-likeness (QED) is 0.729. The minimum atomic E-state index is -0.00785. The van der Waals surface area contributed by atoms with E-state index < -0.39 is 0 Å². The highest BCUT2D eigenvalue weighted by Gasteiger charge is 2.44. The Labute approximate surface area is 189 Å². The highest BCUT2D eigenvalue weighted by Crippen LogP contribution is 2.40. The predicted molar refractivity (Wildman–Crippen MR) is 122 cm³/mol. The molecule has 4 aliphatic heterocycles. The van der Waals surface area contributed by atoms with Gasteiger partial charge in [-0.15, -0.1) is 0 Å². The van der Waals surface area contributed by atoms with E-state index in [1.54, 1.807) is 0 Å². The maximum atomic E-state index is 13.4. The summed E-state index contributed by atoms with van der Waals surface area (Å²) in [5.41, 5.74) is 3.87. The van der Waals surface area contributed by atoms with E-state index in [1.165, 1.54) is 25.7 Å². The molecule has 2 amide bonds. The van der Waals surface area contributed by atoms with Gasteiger partial charge in [0.05, 0.1) is 0 Å². The Hall–Kier alpha value is -2.70. The van der Waals surface area contributed by atoms with Crippen LogP contribution in [0.25, 0.3) is 0 Å². The molecule has 2 fully saturated rings. The second-order valence-corrected chi connectivity index (χ2v) is 9.41. The molecule has 2 atom stereocenters. The molecule has 166 valence electrons. The summed E-state index contributed by atoms with van der Waals surface area (Å²) in [6.45, 7) is 5.19. The lowest BCUT2D eigenvalue weighted by Crippen LogP contribution is -2.45. The third kappa shape index (κ3) is 3.08. The zero-order valence-electron chi connectivity index (χ0n) is 18.4. The average molecular weight is 431 g/mol. The molecule has 0 bridgehead atoms. The van der Waals surface area contributed by atoms with Crippen LogP contribution in [-0.2, 0) is 0 Å². The van der Waals surface area contributed by atoms with Gasteiger partial charge in [0.15, 0.2) is 0 Å². The van der Waals surface area contributed by atoms with E-state index in [2.05, 4.69) is 21.9 Å². The number of carbonyl (C=O) groups is 2. The van der Waals surface area contributed by atoms with Crippen LogP contribution in [0.2, 0.25) is 0 Å². The molecule has 4 heterocycles. The molecule has 6 heteroatoms. The number of amides is 2. The van der Waals surface area contributed by atoms with Crippen LogP contribution in [0.4, 0.5) is 0 Å². The first-order chi connectivity index (χ1) is 15.7. The second kappa shape index (κ2) is 8.01. The summed E-state index contributed by atoms with van der Waals surface area (Å²) < 4.78 is 0. The molecule has 0 aromatic heterocycles. The van der Waals surface area contributed by atoms with Crippen LogP contribution in [0.5, 0.6) is 0 Å². The van der Waals surface area contributed by atoms with Gasteiger partial charge < -0.3 is 9.80 Å². The first-order valence-corrected chi connectivity index (χ1v) is 12.0. The van der Waals surface area contributed by atoms with Crippen LogP contribution in [-0.4, -0.2) is 70.7 Å². The molecular weight excluding hydrogens is 400 g/mol. The number of benzene rings is 2. The average Bonchev–Trinajstić information content (AvgIpc) is 3.61. The number of likely N-dealkylation sites (tertiary alicyclic amines) is 2. The van der Waals surface area contributed by atoms with Crippen molar-refractivity contribution in [2.75, 3.05) is 39.3 Å². The Bertz CT molecular complexity index is 958. The first-order valence-electron chi connectivity index (χ1n) is 12.0. The Morgan fingerprint density at radius 2 is 0.969 bits per heavy atom. The topological polar surface area (TPSA) is 47.1 Å². The fourth-order valence-corrected chi connectivity index (χ4v) is 6.12. The van der Waals surface area contributed by atoms with Crippen LogP contribution >= 0.6 is 0 Å². The van der Waals surface area contributed by atoms with Crippen molar-refractivity contribution in [2.24, 2.45) is 0 Å². The number of hydrogen-bond donors (Lipinski definition) is 0. The Morgan fingerprint density at radius 3 is 1.38 bits per heavy atom. The van der Waals surface area contributed by atoms with Gasteiger partial charge in [-0.1, -0.05) is 36.4 Å². The van der Waals surface area contributed by atoms with Crippen molar-refractivity contribution in [1.29, 1.82) is 0 Å². The summed E-state index contributed by atoms with van der Waals surface area (Å²) in [7, 11) is 0. The number of hydrogen-bond acceptors (Lipinski definition) is 4. The molecule has 6 rings (SSSR count). The van der Waals surface area contributed by atoms with E-state index in [0.29, 0.717) is 13.1 Å². The highest BCUT2D eigenvalue weighted by molar-refractivity contribution is 6.00. The lowest BCUT2D eigenvalue weighted by molar-refractivity contribution is 0.0264. The van der Waals surface area contributed by atoms with Crippen LogP contribution in [0.3, 0.4) is 0 Å². The molecule has 0 aliphatic carbocycles. The van der Waals surface area contributed by atoms with Crippen LogP contribution in [0.15, 0.2) is 48.5 Å². The highest BCUT2D eigenvalue weighted by atomic mass is 16.2. The van der Waals surface area contributed by atoms with Gasteiger partial charge in [-0.3, -0.25) is 19.4 Å². The van der Waals surface area contributed by atoms with Crippen LogP contribution < -0.4 is 0 Å². The monoisotopic (exact) mass is 430 g/mol. The van der Waals surface area contributed by atoms with E-state index in [4.69, 9.17) is 0 Å². The van der Waals surface area contributed by atoms with Crippen molar-refractivity contribution in [3.63, 3.8) is 0 Å². The molecule has 0 unspecified atom stereocenters. The lowest BCUT2D eigenvalue weighted by atomic mass is 10.1. The Morgan fingerprint density at radius 1 is 0.594 bits per heavy atom. The Balaban J connectivity index is 1.28. The fourth-order valence-electron chi connectivity index (χ4n) is 6.12. The van der Waals surface area contributed by atoms with Crippen molar-refractivity contribution in [1.82, 2.24) is 19.6 Å². The fraction of sp³-hybridized carbons (Fsp3) is 0.462. The molecule has 0 spiro atoms. The molecule has 2 aromatic carbocycles. The summed E-state index contributed by atoms with van der Waals surface area (Å²) >= 11 is 0. The summed E-state index contributed by atoms with van der Waals surface area (Å²) in [5, 5.41) is 0. The number of fused-ring (bicyclic) bond motifs is 2. The van der Waals surface area contributed by atoms with Crippen molar-refractivity contribution in [2.45, 2.75) is 38.0 Å². The number of carbonyl (C=O) groups excluding carboxylic acids is 2. The van der Waals surface area contributed by atoms with Crippen molar-refractivity contribution in [3.8, 4) is 0 Å². The lowest BCUT2D eigenvalue weighted by Gasteiger charge is -2.36. The van der Waals surface area contributed by atoms with Gasteiger partial charge in [-0.05, 0) is 37.8 Å². The first kappa shape index (κ1) is 19.9. The maximum absolute atomic E-state index is 13.4. The molecule has 6 nitrogen and oxygen atoms in total. The van der Waals surface area contributed by atoms with Gasteiger partial charge in [0.1, 0.15) is 12.3 Å². The smallest absolute Gasteiger partial charge is 0.255 e. The largest absolute Gasteiger partial charge is 0.317 e. The number of nitrogens with zero attached hydrogens (tertiary/aromatic N) is 4. The normalized spacial score (nSPS) is 25.8. The summed E-state index contributed by atoms with van der Waals surface area (Å²) in [5.74, 6) is 0.193. The van der Waals surface area contributed by atoms with Gasteiger partial charge in [0, 0.05) is 61.5 Å². The standard InChI is InChI=1S/C26H30N4O2/c31-25-21-11-3-1-9-19(21)23(27-13-5-6-14-27)29(25)17-18-30-24(28-15-7-8-16-28)20-10-2-4-12-22(20)26(30)32/h1-4,9-12,23-24H,5-8,13-18H2/t23-,24-/m0/s1. The van der Waals surface area contributed by atoms with E-state index in [1.807, 2.05) is 46.2 Å². The van der Waals surface area contributed by atoms with E-state index in [-0.39, 0.29) is 24.1 Å². The Kier molecular flexibility index (Phi) is 5.00. The van der Waals surface area contributed by atoms with E-state index >= 15 is 0 Å². The minimum Gasteiger partial charge on any atom is -0.317 e. The third-order valence-corrected chi connectivity index (χ3v) is 7.61. The predicted octanol–water partition coefficient (Wildman–Crippen LogP) is 3.49. The van der Waals surface area contributed by atoms with Crippen molar-refractivity contribution < 1.29 is 9.59 Å². The molecule has 32 heavy (non-hydrogen) atoms. The van der Waals surface area contributed by atoms with Crippen LogP contribution in [0.1, 0.15) is 69.9 Å². The van der Waals surface area contributed by atoms with Gasteiger partial charge >= 0.3 is 0 Å². The molecule has 0 saturated carbocycles. The summed E-state index contributed by atoms with van der Waals surface area (Å²) in [4.78, 5) is 35.7. The minimum absolute atomic E-state index is 0.00785. The summed E-state index contributed by atoms with van der Waals surface area (Å²) in [6, 6.07) is 16.1. The van der Waals surface area contributed by atoms with E-state index in [9.17, 15) is 9.59 Å². The molecule has 4 aliphatic rings. The molecular formula is C26H30N4O2. The van der Waals surface area contributed by atoms with Gasteiger partial charge in [0.25, 0.3) is 11.8 Å². The molecule has 0 N–H and O–H groups in total. The molecule has 2 saturated heterocycles. The zero-order valence-corrected chi connectivity index (χ0v) is 18.4.